The van der Waals surface area contributed by atoms with Crippen LogP contribution in [0.4, 0.5) is 0 Å². The molecule has 5 nitrogen and oxygen atoms in total. The molecule has 0 N–H and O–H groups in total. The second kappa shape index (κ2) is 10.8. The summed E-state index contributed by atoms with van der Waals surface area (Å²) in [6.45, 7) is 10.5. The van der Waals surface area contributed by atoms with E-state index in [9.17, 15) is 9.59 Å². The number of aryl methyl sites for hydroxylation is 1. The van der Waals surface area contributed by atoms with Crippen molar-refractivity contribution in [1.29, 1.82) is 0 Å². The van der Waals surface area contributed by atoms with Crippen LogP contribution < -0.4 is 9.47 Å². The molecule has 3 aromatic carbocycles. The first-order valence-corrected chi connectivity index (χ1v) is 10.2. The van der Waals surface area contributed by atoms with E-state index < -0.39 is 11.9 Å². The zero-order valence-corrected chi connectivity index (χ0v) is 18.5. The minimum Gasteiger partial charge on any atom is -0.462 e. The Balaban J connectivity index is 1.67. The van der Waals surface area contributed by atoms with Gasteiger partial charge in [0.15, 0.2) is 0 Å². The highest BCUT2D eigenvalue weighted by atomic mass is 16.5. The Morgan fingerprint density at radius 2 is 1.39 bits per heavy atom. The topological polar surface area (TPSA) is 61.8 Å². The third kappa shape index (κ3) is 6.31. The fourth-order valence-electron chi connectivity index (χ4n) is 3.04. The summed E-state index contributed by atoms with van der Waals surface area (Å²) in [7, 11) is 0. The summed E-state index contributed by atoms with van der Waals surface area (Å²) in [5.74, 6) is 0.127. The molecule has 0 aliphatic rings. The van der Waals surface area contributed by atoms with E-state index in [1.165, 1.54) is 6.26 Å². The first-order valence-electron chi connectivity index (χ1n) is 10.2. The molecule has 5 heteroatoms. The maximum atomic E-state index is 11.7. The number of hydrogen-bond acceptors (Lipinski definition) is 5. The lowest BCUT2D eigenvalue weighted by atomic mass is 9.97. The van der Waals surface area contributed by atoms with Crippen molar-refractivity contribution in [3.63, 3.8) is 0 Å². The van der Waals surface area contributed by atoms with Crippen molar-refractivity contribution in [3.8, 4) is 33.8 Å². The van der Waals surface area contributed by atoms with Gasteiger partial charge >= 0.3 is 11.9 Å². The van der Waals surface area contributed by atoms with Crippen molar-refractivity contribution in [3.05, 3.63) is 110 Å². The molecule has 0 aliphatic heterocycles. The van der Waals surface area contributed by atoms with Crippen molar-refractivity contribution in [2.75, 3.05) is 0 Å². The van der Waals surface area contributed by atoms with E-state index in [4.69, 9.17) is 14.2 Å². The van der Waals surface area contributed by atoms with Crippen molar-refractivity contribution in [2.45, 2.75) is 13.8 Å². The minimum absolute atomic E-state index is 0.359. The molecule has 0 fully saturated rings. The van der Waals surface area contributed by atoms with Gasteiger partial charge in [-0.3, -0.25) is 0 Å². The number of rotatable bonds is 8. The average Bonchev–Trinajstić information content (AvgIpc) is 2.82. The van der Waals surface area contributed by atoms with Crippen LogP contribution in [0, 0.1) is 6.92 Å². The quantitative estimate of drug-likeness (QED) is 0.176. The molecule has 0 amide bonds. The van der Waals surface area contributed by atoms with Crippen molar-refractivity contribution in [2.24, 2.45) is 0 Å². The number of benzene rings is 3. The Morgan fingerprint density at radius 1 is 0.818 bits per heavy atom. The van der Waals surface area contributed by atoms with Gasteiger partial charge in [-0.15, -0.1) is 0 Å². The van der Waals surface area contributed by atoms with E-state index in [1.54, 1.807) is 13.0 Å². The molecule has 0 radical (unpaired) electrons. The summed E-state index contributed by atoms with van der Waals surface area (Å²) < 4.78 is 15.4. The highest BCUT2D eigenvalue weighted by Gasteiger charge is 2.09. The van der Waals surface area contributed by atoms with Crippen molar-refractivity contribution < 1.29 is 23.8 Å². The van der Waals surface area contributed by atoms with Gasteiger partial charge in [-0.2, -0.15) is 0 Å². The molecular weight excluding hydrogens is 416 g/mol. The van der Waals surface area contributed by atoms with Crippen LogP contribution in [0.1, 0.15) is 12.5 Å². The summed E-state index contributed by atoms with van der Waals surface area (Å²) in [6.07, 6.45) is 3.52. The van der Waals surface area contributed by atoms with Crippen LogP contribution in [-0.2, 0) is 14.3 Å². The predicted octanol–water partition coefficient (Wildman–Crippen LogP) is 6.39. The summed E-state index contributed by atoms with van der Waals surface area (Å²) in [4.78, 5) is 22.7. The van der Waals surface area contributed by atoms with Crippen LogP contribution in [0.3, 0.4) is 0 Å². The van der Waals surface area contributed by atoms with Gasteiger partial charge in [0, 0.05) is 11.6 Å². The van der Waals surface area contributed by atoms with Crippen LogP contribution in [-0.4, -0.2) is 11.9 Å². The predicted molar refractivity (Wildman–Crippen MR) is 129 cm³/mol. The third-order valence-corrected chi connectivity index (χ3v) is 4.75. The molecule has 0 unspecified atom stereocenters. The normalized spacial score (nSPS) is 10.5. The molecular formula is C28H24O5. The van der Waals surface area contributed by atoms with Crippen LogP contribution in [0.15, 0.2) is 104 Å². The molecule has 3 aromatic rings. The molecule has 0 saturated heterocycles. The first kappa shape index (κ1) is 23.3. The summed E-state index contributed by atoms with van der Waals surface area (Å²) in [6, 6.07) is 21.3. The largest absolute Gasteiger partial charge is 0.462 e. The number of carbonyl (C=O) groups is 2. The van der Waals surface area contributed by atoms with Gasteiger partial charge in [-0.25, -0.2) is 9.59 Å². The highest BCUT2D eigenvalue weighted by molar-refractivity contribution is 5.89. The van der Waals surface area contributed by atoms with E-state index >= 15 is 0 Å². The second-order valence-electron chi connectivity index (χ2n) is 7.28. The molecule has 0 atom stereocenters. The number of hydrogen-bond donors (Lipinski definition) is 0. The molecule has 166 valence electrons. The molecule has 0 aromatic heterocycles. The molecule has 0 aliphatic carbocycles. The fraction of sp³-hybridized carbons (Fsp3) is 0.0714. The van der Waals surface area contributed by atoms with E-state index in [1.807, 2.05) is 55.5 Å². The van der Waals surface area contributed by atoms with Gasteiger partial charge in [0.25, 0.3) is 0 Å². The Labute approximate surface area is 193 Å². The highest BCUT2D eigenvalue weighted by Crippen LogP contribution is 2.30. The van der Waals surface area contributed by atoms with Crippen LogP contribution in [0.25, 0.3) is 22.3 Å². The Kier molecular flexibility index (Phi) is 7.60. The number of ether oxygens (including phenoxy) is 3. The first-order chi connectivity index (χ1) is 15.9. The summed E-state index contributed by atoms with van der Waals surface area (Å²) >= 11 is 0. The molecule has 3 rings (SSSR count). The molecule has 0 spiro atoms. The van der Waals surface area contributed by atoms with Crippen LogP contribution in [0.2, 0.25) is 0 Å². The zero-order valence-electron chi connectivity index (χ0n) is 18.5. The van der Waals surface area contributed by atoms with E-state index in [0.717, 1.165) is 40.2 Å². The molecule has 0 bridgehead atoms. The van der Waals surface area contributed by atoms with Gasteiger partial charge in [-0.1, -0.05) is 55.6 Å². The van der Waals surface area contributed by atoms with E-state index in [-0.39, 0.29) is 0 Å². The average molecular weight is 440 g/mol. The molecule has 33 heavy (non-hydrogen) atoms. The minimum atomic E-state index is -0.550. The standard InChI is InChI=1S/C28H24O5/c1-5-27(29)32-17-16-31-24-12-10-22(11-13-24)21-6-8-23(9-7-21)26-15-14-25(18-20(26)4)33-28(30)19(2)3/h5-18H,1-2H2,3-4H3/b17-16-. The third-order valence-electron chi connectivity index (χ3n) is 4.75. The molecule has 0 saturated carbocycles. The SMILES string of the molecule is C=CC(=O)O/C=C\Oc1ccc(-c2ccc(-c3ccc(OC(=O)C(=C)C)cc3C)cc2)cc1. The fourth-order valence-corrected chi connectivity index (χ4v) is 3.04. The number of carbonyl (C=O) groups excluding carboxylic acids is 2. The second-order valence-corrected chi connectivity index (χ2v) is 7.28. The van der Waals surface area contributed by atoms with Gasteiger partial charge in [-0.05, 0) is 65.9 Å². The van der Waals surface area contributed by atoms with E-state index in [0.29, 0.717) is 17.1 Å². The lowest BCUT2D eigenvalue weighted by Gasteiger charge is -2.10. The van der Waals surface area contributed by atoms with Gasteiger partial charge < -0.3 is 14.2 Å². The van der Waals surface area contributed by atoms with Crippen molar-refractivity contribution in [1.82, 2.24) is 0 Å². The lowest BCUT2D eigenvalue weighted by molar-refractivity contribution is -0.132. The monoisotopic (exact) mass is 440 g/mol. The van der Waals surface area contributed by atoms with E-state index in [2.05, 4.69) is 25.3 Å². The van der Waals surface area contributed by atoms with Gasteiger partial charge in [0.05, 0.1) is 0 Å². The maximum absolute atomic E-state index is 11.7. The lowest BCUT2D eigenvalue weighted by Crippen LogP contribution is -2.08. The smallest absolute Gasteiger partial charge is 0.338 e. The van der Waals surface area contributed by atoms with Crippen LogP contribution in [0.5, 0.6) is 11.5 Å². The maximum Gasteiger partial charge on any atom is 0.338 e. The van der Waals surface area contributed by atoms with Gasteiger partial charge in [0.2, 0.25) is 0 Å². The Hall–Kier alpha value is -4.38. The van der Waals surface area contributed by atoms with Gasteiger partial charge in [0.1, 0.15) is 24.0 Å². The summed E-state index contributed by atoms with van der Waals surface area (Å²) in [5.41, 5.74) is 5.58. The van der Waals surface area contributed by atoms with Crippen molar-refractivity contribution >= 4 is 11.9 Å². The van der Waals surface area contributed by atoms with Crippen LogP contribution >= 0.6 is 0 Å². The zero-order chi connectivity index (χ0) is 23.8. The summed E-state index contributed by atoms with van der Waals surface area (Å²) in [5, 5.41) is 0. The Bertz CT molecular complexity index is 1200. The Morgan fingerprint density at radius 3 is 1.97 bits per heavy atom. The molecule has 0 heterocycles. The number of esters is 2.